The lowest BCUT2D eigenvalue weighted by Gasteiger charge is -2.34. The number of methoxy groups -OCH3 is 3. The summed E-state index contributed by atoms with van der Waals surface area (Å²) >= 11 is 0. The van der Waals surface area contributed by atoms with Crippen LogP contribution in [0.1, 0.15) is 77.6 Å². The van der Waals surface area contributed by atoms with Crippen molar-refractivity contribution in [2.75, 3.05) is 26.6 Å². The van der Waals surface area contributed by atoms with Gasteiger partial charge in [0.05, 0.1) is 26.7 Å². The first-order valence-electron chi connectivity index (χ1n) is 12.4. The maximum atomic E-state index is 13.8. The monoisotopic (exact) mass is 443 g/mol. The predicted molar refractivity (Wildman–Crippen MR) is 130 cm³/mol. The van der Waals surface area contributed by atoms with E-state index in [2.05, 4.69) is 24.4 Å². The largest absolute Gasteiger partial charge is 0.496 e. The number of unbranched alkanes of at least 4 members (excludes halogenated alkanes) is 7. The summed E-state index contributed by atoms with van der Waals surface area (Å²) in [5, 5.41) is 3.20. The van der Waals surface area contributed by atoms with Gasteiger partial charge in [-0.2, -0.15) is 0 Å². The quantitative estimate of drug-likeness (QED) is 0.255. The molecule has 3 atom stereocenters. The third kappa shape index (κ3) is 5.41. The van der Waals surface area contributed by atoms with Gasteiger partial charge in [0.25, 0.3) is 0 Å². The smallest absolute Gasteiger partial charge is 0.231 e. The molecule has 5 nitrogen and oxygen atoms in total. The maximum Gasteiger partial charge on any atom is 0.231 e. The first kappa shape index (κ1) is 24.5. The molecule has 2 aliphatic rings. The SMILES string of the molecule is CCCCCCCCCCC1(C(=O)Nc2c(OC)cc(OC)cc2OC)CC2C=CC1C2. The van der Waals surface area contributed by atoms with Crippen LogP contribution in [0.5, 0.6) is 17.2 Å². The van der Waals surface area contributed by atoms with Crippen molar-refractivity contribution in [2.45, 2.75) is 77.6 Å². The van der Waals surface area contributed by atoms with Crippen molar-refractivity contribution in [2.24, 2.45) is 17.3 Å². The van der Waals surface area contributed by atoms with Crippen molar-refractivity contribution < 1.29 is 19.0 Å². The van der Waals surface area contributed by atoms with Crippen molar-refractivity contribution in [3.63, 3.8) is 0 Å². The minimum atomic E-state index is -0.336. The Balaban J connectivity index is 1.68. The van der Waals surface area contributed by atoms with E-state index in [1.54, 1.807) is 33.5 Å². The van der Waals surface area contributed by atoms with Crippen molar-refractivity contribution in [1.29, 1.82) is 0 Å². The van der Waals surface area contributed by atoms with Gasteiger partial charge in [-0.15, -0.1) is 0 Å². The van der Waals surface area contributed by atoms with Gasteiger partial charge in [0, 0.05) is 12.1 Å². The zero-order valence-corrected chi connectivity index (χ0v) is 20.4. The van der Waals surface area contributed by atoms with Crippen LogP contribution in [-0.4, -0.2) is 27.2 Å². The molecule has 2 aliphatic carbocycles. The van der Waals surface area contributed by atoms with Crippen LogP contribution in [0.15, 0.2) is 24.3 Å². The van der Waals surface area contributed by atoms with Crippen molar-refractivity contribution >= 4 is 11.6 Å². The highest BCUT2D eigenvalue weighted by Gasteiger charge is 2.52. The molecule has 2 bridgehead atoms. The molecule has 3 rings (SSSR count). The second-order valence-electron chi connectivity index (χ2n) is 9.43. The molecule has 1 aromatic carbocycles. The van der Waals surface area contributed by atoms with E-state index in [1.165, 1.54) is 44.9 Å². The molecule has 5 heteroatoms. The van der Waals surface area contributed by atoms with Gasteiger partial charge in [-0.3, -0.25) is 4.79 Å². The van der Waals surface area contributed by atoms with Crippen LogP contribution in [0.4, 0.5) is 5.69 Å². The Morgan fingerprint density at radius 2 is 1.56 bits per heavy atom. The van der Waals surface area contributed by atoms with E-state index in [-0.39, 0.29) is 11.3 Å². The molecule has 3 unspecified atom stereocenters. The van der Waals surface area contributed by atoms with Crippen molar-refractivity contribution in [3.8, 4) is 17.2 Å². The standard InChI is InChI=1S/C27H41NO4/c1-5-6-7-8-9-10-11-12-15-27(19-20-13-14-21(27)16-20)26(29)28-25-23(31-3)17-22(30-2)18-24(25)32-4/h13-14,17-18,20-21H,5-12,15-16,19H2,1-4H3,(H,28,29). The Kier molecular flexibility index (Phi) is 8.89. The fraction of sp³-hybridized carbons (Fsp3) is 0.667. The van der Waals surface area contributed by atoms with Gasteiger partial charge in [0.1, 0.15) is 22.9 Å². The van der Waals surface area contributed by atoms with Crippen molar-refractivity contribution in [3.05, 3.63) is 24.3 Å². The third-order valence-corrected chi connectivity index (χ3v) is 7.39. The zero-order chi connectivity index (χ0) is 23.0. The molecule has 0 aliphatic heterocycles. The number of amides is 1. The van der Waals surface area contributed by atoms with E-state index in [0.717, 1.165) is 25.7 Å². The first-order chi connectivity index (χ1) is 15.6. The number of rotatable bonds is 14. The zero-order valence-electron chi connectivity index (χ0n) is 20.4. The Morgan fingerprint density at radius 1 is 0.938 bits per heavy atom. The number of ether oxygens (including phenoxy) is 3. The van der Waals surface area contributed by atoms with E-state index in [9.17, 15) is 4.79 Å². The van der Waals surface area contributed by atoms with Gasteiger partial charge in [0.15, 0.2) is 0 Å². The lowest BCUT2D eigenvalue weighted by Crippen LogP contribution is -2.40. The molecule has 0 heterocycles. The van der Waals surface area contributed by atoms with E-state index >= 15 is 0 Å². The second-order valence-corrected chi connectivity index (χ2v) is 9.43. The molecule has 1 saturated carbocycles. The van der Waals surface area contributed by atoms with Gasteiger partial charge >= 0.3 is 0 Å². The van der Waals surface area contributed by atoms with Gasteiger partial charge in [-0.25, -0.2) is 0 Å². The molecule has 1 N–H and O–H groups in total. The summed E-state index contributed by atoms with van der Waals surface area (Å²) in [5.41, 5.74) is 0.250. The average molecular weight is 444 g/mol. The number of fused-ring (bicyclic) bond motifs is 2. The topological polar surface area (TPSA) is 56.8 Å². The summed E-state index contributed by atoms with van der Waals surface area (Å²) in [6, 6.07) is 3.56. The first-order valence-corrected chi connectivity index (χ1v) is 12.4. The fourth-order valence-electron chi connectivity index (χ4n) is 5.56. The Morgan fingerprint density at radius 3 is 2.06 bits per heavy atom. The highest BCUT2D eigenvalue weighted by atomic mass is 16.5. The normalized spacial score (nSPS) is 23.4. The molecular weight excluding hydrogens is 402 g/mol. The summed E-state index contributed by atoms with van der Waals surface area (Å²) in [6.07, 6.45) is 17.8. The molecule has 1 amide bonds. The Bertz CT molecular complexity index is 765. The highest BCUT2D eigenvalue weighted by Crippen LogP contribution is 2.55. The lowest BCUT2D eigenvalue weighted by molar-refractivity contribution is -0.127. The van der Waals surface area contributed by atoms with Crippen LogP contribution in [0.2, 0.25) is 0 Å². The Labute approximate surface area is 193 Å². The molecule has 0 radical (unpaired) electrons. The molecule has 0 saturated heterocycles. The number of hydrogen-bond acceptors (Lipinski definition) is 4. The van der Waals surface area contributed by atoms with E-state index in [4.69, 9.17) is 14.2 Å². The number of carbonyl (C=O) groups excluding carboxylic acids is 1. The van der Waals surface area contributed by atoms with E-state index < -0.39 is 0 Å². The van der Waals surface area contributed by atoms with Gasteiger partial charge in [-0.1, -0.05) is 70.4 Å². The van der Waals surface area contributed by atoms with Crippen LogP contribution in [0.25, 0.3) is 0 Å². The minimum Gasteiger partial charge on any atom is -0.496 e. The summed E-state index contributed by atoms with van der Waals surface area (Å²) in [6.45, 7) is 2.26. The van der Waals surface area contributed by atoms with Crippen LogP contribution < -0.4 is 19.5 Å². The van der Waals surface area contributed by atoms with Gasteiger partial charge < -0.3 is 19.5 Å². The Hall–Kier alpha value is -2.17. The predicted octanol–water partition coefficient (Wildman–Crippen LogP) is 6.76. The fourth-order valence-corrected chi connectivity index (χ4v) is 5.56. The third-order valence-electron chi connectivity index (χ3n) is 7.39. The molecule has 0 aromatic heterocycles. The van der Waals surface area contributed by atoms with Crippen LogP contribution in [0, 0.1) is 17.3 Å². The van der Waals surface area contributed by atoms with E-state index in [1.807, 2.05) is 0 Å². The number of carbonyl (C=O) groups is 1. The maximum absolute atomic E-state index is 13.8. The molecule has 178 valence electrons. The molecule has 1 aromatic rings. The summed E-state index contributed by atoms with van der Waals surface area (Å²) in [4.78, 5) is 13.8. The van der Waals surface area contributed by atoms with Gasteiger partial charge in [0.2, 0.25) is 5.91 Å². The van der Waals surface area contributed by atoms with Crippen LogP contribution in [0.3, 0.4) is 0 Å². The number of hydrogen-bond donors (Lipinski definition) is 1. The average Bonchev–Trinajstić information content (AvgIpc) is 3.43. The van der Waals surface area contributed by atoms with Crippen LogP contribution >= 0.6 is 0 Å². The number of benzene rings is 1. The molecule has 32 heavy (non-hydrogen) atoms. The minimum absolute atomic E-state index is 0.0964. The second kappa shape index (κ2) is 11.6. The highest BCUT2D eigenvalue weighted by molar-refractivity contribution is 5.99. The summed E-state index contributed by atoms with van der Waals surface area (Å²) in [5.74, 6) is 2.69. The summed E-state index contributed by atoms with van der Waals surface area (Å²) < 4.78 is 16.5. The number of anilines is 1. The molecule has 1 fully saturated rings. The lowest BCUT2D eigenvalue weighted by atomic mass is 9.71. The number of allylic oxidation sites excluding steroid dienone is 2. The van der Waals surface area contributed by atoms with Crippen molar-refractivity contribution in [1.82, 2.24) is 0 Å². The molecule has 0 spiro atoms. The summed E-state index contributed by atoms with van der Waals surface area (Å²) in [7, 11) is 4.80. The van der Waals surface area contributed by atoms with Gasteiger partial charge in [-0.05, 0) is 31.1 Å². The van der Waals surface area contributed by atoms with Crippen LogP contribution in [-0.2, 0) is 4.79 Å². The van der Waals surface area contributed by atoms with E-state index in [0.29, 0.717) is 34.8 Å². The number of nitrogens with one attached hydrogen (secondary N) is 1. The molecular formula is C27H41NO4.